The molecule has 0 spiro atoms. The van der Waals surface area contributed by atoms with E-state index in [-0.39, 0.29) is 23.1 Å². The first-order valence-corrected chi connectivity index (χ1v) is 9.44. The molecule has 1 rings (SSSR count). The lowest BCUT2D eigenvalue weighted by atomic mass is 9.95. The minimum Gasteiger partial charge on any atom is -0.463 e. The van der Waals surface area contributed by atoms with Crippen molar-refractivity contribution in [2.45, 2.75) is 57.5 Å². The zero-order chi connectivity index (χ0) is 17.6. The smallest absolute Gasteiger partial charge is 0.302 e. The van der Waals surface area contributed by atoms with E-state index >= 15 is 0 Å². The standard InChI is InChI=1S/C15H24O6S2/c1-6-22-15-8(2)13(20-10(4)17)14(23-11(5)18)12(21-15)7-19-9(3)16/h8,12-15H,6-7H2,1-5H3/t8?,12?,13-,14?,15+/m1/s1. The fraction of sp³-hybridized carbons (Fsp3) is 0.800. The first-order valence-electron chi connectivity index (χ1n) is 7.51. The number of thioether (sulfide) groups is 2. The molecule has 23 heavy (non-hydrogen) atoms. The highest BCUT2D eigenvalue weighted by Crippen LogP contribution is 2.39. The van der Waals surface area contributed by atoms with Crippen LogP contribution in [0.2, 0.25) is 0 Å². The van der Waals surface area contributed by atoms with Gasteiger partial charge in [0.25, 0.3) is 0 Å². The van der Waals surface area contributed by atoms with Crippen molar-refractivity contribution in [3.63, 3.8) is 0 Å². The number of ether oxygens (including phenoxy) is 3. The van der Waals surface area contributed by atoms with Crippen LogP contribution in [-0.2, 0) is 28.6 Å². The monoisotopic (exact) mass is 364 g/mol. The molecule has 1 fully saturated rings. The summed E-state index contributed by atoms with van der Waals surface area (Å²) in [6.07, 6.45) is -0.975. The summed E-state index contributed by atoms with van der Waals surface area (Å²) in [4.78, 5) is 34.2. The van der Waals surface area contributed by atoms with Gasteiger partial charge in [0.05, 0.1) is 5.25 Å². The maximum atomic E-state index is 11.6. The summed E-state index contributed by atoms with van der Waals surface area (Å²) >= 11 is 2.67. The molecule has 1 heterocycles. The van der Waals surface area contributed by atoms with E-state index in [0.29, 0.717) is 0 Å². The van der Waals surface area contributed by atoms with Crippen LogP contribution in [0, 0.1) is 5.92 Å². The fourth-order valence-electron chi connectivity index (χ4n) is 2.43. The predicted octanol–water partition coefficient (Wildman–Crippen LogP) is 2.24. The quantitative estimate of drug-likeness (QED) is 0.664. The Morgan fingerprint density at radius 2 is 1.78 bits per heavy atom. The van der Waals surface area contributed by atoms with Crippen LogP contribution in [0.25, 0.3) is 0 Å². The van der Waals surface area contributed by atoms with Gasteiger partial charge in [0, 0.05) is 26.7 Å². The Balaban J connectivity index is 3.02. The van der Waals surface area contributed by atoms with Crippen molar-refractivity contribution in [2.75, 3.05) is 12.4 Å². The molecule has 0 aromatic heterocycles. The summed E-state index contributed by atoms with van der Waals surface area (Å²) in [5.74, 6) is -0.0479. The minimum atomic E-state index is -0.502. The van der Waals surface area contributed by atoms with E-state index in [0.717, 1.165) is 17.5 Å². The third kappa shape index (κ3) is 6.35. The lowest BCUT2D eigenvalue weighted by Gasteiger charge is -2.44. The molecular weight excluding hydrogens is 340 g/mol. The maximum absolute atomic E-state index is 11.6. The van der Waals surface area contributed by atoms with Gasteiger partial charge in [-0.1, -0.05) is 25.6 Å². The molecule has 1 aliphatic heterocycles. The molecule has 0 aliphatic carbocycles. The molecule has 3 unspecified atom stereocenters. The second-order valence-corrected chi connectivity index (χ2v) is 8.04. The van der Waals surface area contributed by atoms with E-state index in [9.17, 15) is 14.4 Å². The Hall–Kier alpha value is -0.730. The third-order valence-electron chi connectivity index (χ3n) is 3.33. The van der Waals surface area contributed by atoms with E-state index in [1.54, 1.807) is 11.8 Å². The van der Waals surface area contributed by atoms with Gasteiger partial charge in [-0.05, 0) is 5.75 Å². The van der Waals surface area contributed by atoms with E-state index in [2.05, 4.69) is 0 Å². The van der Waals surface area contributed by atoms with Crippen molar-refractivity contribution in [3.05, 3.63) is 0 Å². The molecule has 0 aromatic rings. The van der Waals surface area contributed by atoms with Crippen LogP contribution < -0.4 is 0 Å². The van der Waals surface area contributed by atoms with Crippen molar-refractivity contribution >= 4 is 40.6 Å². The molecule has 0 bridgehead atoms. The van der Waals surface area contributed by atoms with Gasteiger partial charge in [0.1, 0.15) is 24.3 Å². The lowest BCUT2D eigenvalue weighted by Crippen LogP contribution is -2.54. The summed E-state index contributed by atoms with van der Waals surface area (Å²) in [5.41, 5.74) is -0.186. The topological polar surface area (TPSA) is 78.9 Å². The molecule has 6 nitrogen and oxygen atoms in total. The first kappa shape index (κ1) is 20.3. The van der Waals surface area contributed by atoms with Crippen LogP contribution in [0.5, 0.6) is 0 Å². The van der Waals surface area contributed by atoms with Crippen LogP contribution in [-0.4, -0.2) is 52.3 Å². The number of hydrogen-bond donors (Lipinski definition) is 0. The molecular formula is C15H24O6S2. The Morgan fingerprint density at radius 1 is 1.13 bits per heavy atom. The van der Waals surface area contributed by atoms with Crippen LogP contribution in [0.3, 0.4) is 0 Å². The normalized spacial score (nSPS) is 30.6. The van der Waals surface area contributed by atoms with Gasteiger partial charge < -0.3 is 14.2 Å². The second-order valence-electron chi connectivity index (χ2n) is 5.31. The molecule has 5 atom stereocenters. The average Bonchev–Trinajstić information content (AvgIpc) is 2.43. The van der Waals surface area contributed by atoms with Gasteiger partial charge in [-0.15, -0.1) is 11.8 Å². The van der Waals surface area contributed by atoms with Crippen LogP contribution in [0.1, 0.15) is 34.6 Å². The SMILES string of the molecule is CCS[C@@H]1OC(COC(C)=O)C(SC(C)=O)[C@H](OC(C)=O)C1C. The predicted molar refractivity (Wildman–Crippen MR) is 90.2 cm³/mol. The van der Waals surface area contributed by atoms with Gasteiger partial charge in [0.15, 0.2) is 5.12 Å². The zero-order valence-electron chi connectivity index (χ0n) is 14.1. The van der Waals surface area contributed by atoms with E-state index in [1.807, 2.05) is 13.8 Å². The van der Waals surface area contributed by atoms with Gasteiger partial charge in [-0.25, -0.2) is 0 Å². The Bertz CT molecular complexity index is 442. The van der Waals surface area contributed by atoms with Gasteiger partial charge in [-0.2, -0.15) is 0 Å². The molecule has 0 radical (unpaired) electrons. The summed E-state index contributed by atoms with van der Waals surface area (Å²) in [6.45, 7) is 8.11. The summed E-state index contributed by atoms with van der Waals surface area (Å²) in [6, 6.07) is 0. The van der Waals surface area contributed by atoms with Crippen molar-refractivity contribution in [1.82, 2.24) is 0 Å². The third-order valence-corrected chi connectivity index (χ3v) is 5.71. The largest absolute Gasteiger partial charge is 0.463 e. The number of carbonyl (C=O) groups is 3. The van der Waals surface area contributed by atoms with E-state index in [1.165, 1.54) is 20.8 Å². The zero-order valence-corrected chi connectivity index (χ0v) is 15.7. The van der Waals surface area contributed by atoms with Gasteiger partial charge >= 0.3 is 11.9 Å². The maximum Gasteiger partial charge on any atom is 0.302 e. The van der Waals surface area contributed by atoms with Crippen molar-refractivity contribution in [2.24, 2.45) is 5.92 Å². The lowest BCUT2D eigenvalue weighted by molar-refractivity contribution is -0.168. The second kappa shape index (κ2) is 9.54. The molecule has 0 amide bonds. The molecule has 1 saturated heterocycles. The molecule has 8 heteroatoms. The van der Waals surface area contributed by atoms with Crippen molar-refractivity contribution < 1.29 is 28.6 Å². The van der Waals surface area contributed by atoms with Crippen molar-refractivity contribution in [1.29, 1.82) is 0 Å². The summed E-state index contributed by atoms with van der Waals surface area (Å²) in [5, 5.41) is -0.503. The van der Waals surface area contributed by atoms with E-state index in [4.69, 9.17) is 14.2 Å². The Kier molecular flexibility index (Phi) is 8.42. The van der Waals surface area contributed by atoms with Crippen LogP contribution in [0.15, 0.2) is 0 Å². The Morgan fingerprint density at radius 3 is 2.26 bits per heavy atom. The minimum absolute atomic E-state index is 0.0333. The molecule has 0 N–H and O–H groups in total. The summed E-state index contributed by atoms with van der Waals surface area (Å²) < 4.78 is 16.6. The number of hydrogen-bond acceptors (Lipinski definition) is 8. The molecule has 0 saturated carbocycles. The molecule has 0 aromatic carbocycles. The van der Waals surface area contributed by atoms with Crippen LogP contribution in [0.4, 0.5) is 0 Å². The summed E-state index contributed by atoms with van der Waals surface area (Å²) in [7, 11) is 0. The first-order chi connectivity index (χ1) is 10.8. The van der Waals surface area contributed by atoms with E-state index < -0.39 is 29.4 Å². The number of rotatable bonds is 6. The van der Waals surface area contributed by atoms with Crippen molar-refractivity contribution in [3.8, 4) is 0 Å². The Labute approximate surface area is 145 Å². The highest BCUT2D eigenvalue weighted by atomic mass is 32.2. The highest BCUT2D eigenvalue weighted by molar-refractivity contribution is 8.14. The average molecular weight is 364 g/mol. The fourth-order valence-corrected chi connectivity index (χ4v) is 4.55. The number of carbonyl (C=O) groups excluding carboxylic acids is 3. The molecule has 132 valence electrons. The highest BCUT2D eigenvalue weighted by Gasteiger charge is 2.47. The number of esters is 2. The molecule has 1 aliphatic rings. The van der Waals surface area contributed by atoms with Gasteiger partial charge in [0.2, 0.25) is 0 Å². The van der Waals surface area contributed by atoms with Crippen LogP contribution >= 0.6 is 23.5 Å². The van der Waals surface area contributed by atoms with Gasteiger partial charge in [-0.3, -0.25) is 14.4 Å².